The number of hydrogen-bond donors (Lipinski definition) is 0. The minimum absolute atomic E-state index is 0.754. The van der Waals surface area contributed by atoms with E-state index in [4.69, 9.17) is 16.3 Å². The van der Waals surface area contributed by atoms with Crippen LogP contribution in [0.5, 0.6) is 0 Å². The van der Waals surface area contributed by atoms with Gasteiger partial charge in [0.15, 0.2) is 0 Å². The molecule has 1 rings (SSSR count). The number of allylic oxidation sites excluding steroid dienone is 4. The second-order valence-electron chi connectivity index (χ2n) is 3.65. The zero-order valence-corrected chi connectivity index (χ0v) is 9.66. The Morgan fingerprint density at radius 2 is 2.29 bits per heavy atom. The average molecular weight is 213 g/mol. The zero-order valence-electron chi connectivity index (χ0n) is 8.90. The van der Waals surface area contributed by atoms with Crippen LogP contribution in [0.4, 0.5) is 0 Å². The molecule has 0 radical (unpaired) electrons. The summed E-state index contributed by atoms with van der Waals surface area (Å²) in [7, 11) is 1.72. The van der Waals surface area contributed by atoms with Crippen LogP contribution >= 0.6 is 11.6 Å². The minimum Gasteiger partial charge on any atom is -0.384 e. The van der Waals surface area contributed by atoms with Gasteiger partial charge in [-0.1, -0.05) is 35.4 Å². The summed E-state index contributed by atoms with van der Waals surface area (Å²) in [6.45, 7) is 6.85. The molecule has 0 unspecified atom stereocenters. The van der Waals surface area contributed by atoms with Gasteiger partial charge in [0.25, 0.3) is 0 Å². The molecule has 0 aromatic rings. The van der Waals surface area contributed by atoms with Gasteiger partial charge in [-0.15, -0.1) is 0 Å². The van der Waals surface area contributed by atoms with E-state index in [-0.39, 0.29) is 0 Å². The molecule has 0 atom stereocenters. The number of halogens is 1. The highest BCUT2D eigenvalue weighted by molar-refractivity contribution is 6.32. The van der Waals surface area contributed by atoms with Gasteiger partial charge in [0.1, 0.15) is 0 Å². The number of methoxy groups -OCH3 is 1. The molecule has 0 fully saturated rings. The van der Waals surface area contributed by atoms with Crippen molar-refractivity contribution in [3.8, 4) is 0 Å². The molecule has 0 aliphatic heterocycles. The molecule has 78 valence electrons. The van der Waals surface area contributed by atoms with E-state index in [1.165, 1.54) is 16.7 Å². The van der Waals surface area contributed by atoms with Crippen molar-refractivity contribution in [3.63, 3.8) is 0 Å². The lowest BCUT2D eigenvalue weighted by Gasteiger charge is -2.09. The van der Waals surface area contributed by atoms with Crippen LogP contribution in [0, 0.1) is 0 Å². The Bertz CT molecular complexity index is 287. The average Bonchev–Trinajstić information content (AvgIpc) is 2.29. The van der Waals surface area contributed by atoms with Crippen molar-refractivity contribution in [1.29, 1.82) is 0 Å². The molecule has 0 aromatic carbocycles. The molecule has 0 heterocycles. The summed E-state index contributed by atoms with van der Waals surface area (Å²) in [5.41, 5.74) is 3.78. The lowest BCUT2D eigenvalue weighted by atomic mass is 10.0. The second-order valence-corrected chi connectivity index (χ2v) is 4.06. The fraction of sp³-hybridized carbons (Fsp3) is 0.500. The topological polar surface area (TPSA) is 9.23 Å². The van der Waals surface area contributed by atoms with E-state index >= 15 is 0 Å². The van der Waals surface area contributed by atoms with E-state index < -0.39 is 0 Å². The van der Waals surface area contributed by atoms with Gasteiger partial charge in [-0.3, -0.25) is 0 Å². The number of hydrogen-bond acceptors (Lipinski definition) is 1. The Balaban J connectivity index is 2.81. The molecule has 1 nitrogen and oxygen atoms in total. The smallest absolute Gasteiger partial charge is 0.0499 e. The first-order valence-electron chi connectivity index (χ1n) is 4.85. The number of ether oxygens (including phenoxy) is 1. The van der Waals surface area contributed by atoms with Crippen molar-refractivity contribution in [3.05, 3.63) is 34.4 Å². The standard InChI is InChI=1S/C12H17ClO/c1-9-4-5-12(13)10(2)11(8-9)6-7-14-3/h5H,1,4,6-8H2,2-3H3. The van der Waals surface area contributed by atoms with E-state index in [0.29, 0.717) is 0 Å². The van der Waals surface area contributed by atoms with E-state index in [0.717, 1.165) is 30.9 Å². The minimum atomic E-state index is 0.754. The maximum absolute atomic E-state index is 6.13. The van der Waals surface area contributed by atoms with Crippen molar-refractivity contribution in [2.45, 2.75) is 26.2 Å². The third kappa shape index (κ3) is 3.00. The lowest BCUT2D eigenvalue weighted by Crippen LogP contribution is -1.95. The van der Waals surface area contributed by atoms with Crippen LogP contribution in [0.3, 0.4) is 0 Å². The van der Waals surface area contributed by atoms with Crippen molar-refractivity contribution < 1.29 is 4.74 Å². The number of rotatable bonds is 3. The van der Waals surface area contributed by atoms with Gasteiger partial charge in [0, 0.05) is 18.7 Å². The fourth-order valence-electron chi connectivity index (χ4n) is 1.56. The third-order valence-electron chi connectivity index (χ3n) is 2.53. The summed E-state index contributed by atoms with van der Waals surface area (Å²) in [5.74, 6) is 0. The molecule has 0 spiro atoms. The van der Waals surface area contributed by atoms with Crippen LogP contribution in [0.1, 0.15) is 26.2 Å². The zero-order chi connectivity index (χ0) is 10.6. The van der Waals surface area contributed by atoms with Crippen LogP contribution in [-0.4, -0.2) is 13.7 Å². The second kappa shape index (κ2) is 5.38. The van der Waals surface area contributed by atoms with Crippen LogP contribution in [0.15, 0.2) is 34.4 Å². The summed E-state index contributed by atoms with van der Waals surface area (Å²) < 4.78 is 5.08. The maximum atomic E-state index is 6.13. The summed E-state index contributed by atoms with van der Waals surface area (Å²) in [4.78, 5) is 0. The molecule has 1 aliphatic rings. The molecule has 0 saturated carbocycles. The molecular weight excluding hydrogens is 196 g/mol. The molecule has 0 amide bonds. The molecule has 0 aromatic heterocycles. The van der Waals surface area contributed by atoms with Gasteiger partial charge < -0.3 is 4.74 Å². The van der Waals surface area contributed by atoms with Crippen LogP contribution < -0.4 is 0 Å². The van der Waals surface area contributed by atoms with Gasteiger partial charge in [0.05, 0.1) is 0 Å². The highest BCUT2D eigenvalue weighted by atomic mass is 35.5. The molecule has 2 heteroatoms. The van der Waals surface area contributed by atoms with Crippen LogP contribution in [-0.2, 0) is 4.74 Å². The monoisotopic (exact) mass is 212 g/mol. The predicted molar refractivity (Wildman–Crippen MR) is 61.5 cm³/mol. The quantitative estimate of drug-likeness (QED) is 0.647. The van der Waals surface area contributed by atoms with Crippen molar-refractivity contribution >= 4 is 11.6 Å². The van der Waals surface area contributed by atoms with Gasteiger partial charge in [-0.05, 0) is 31.8 Å². The predicted octanol–water partition coefficient (Wildman–Crippen LogP) is 3.81. The Hall–Kier alpha value is -0.530. The summed E-state index contributed by atoms with van der Waals surface area (Å²) in [6.07, 6.45) is 4.85. The van der Waals surface area contributed by atoms with Crippen molar-refractivity contribution in [1.82, 2.24) is 0 Å². The first-order valence-corrected chi connectivity index (χ1v) is 5.23. The van der Waals surface area contributed by atoms with E-state index in [1.807, 2.05) is 6.08 Å². The van der Waals surface area contributed by atoms with Gasteiger partial charge in [0.2, 0.25) is 0 Å². The Morgan fingerprint density at radius 1 is 1.57 bits per heavy atom. The summed E-state index contributed by atoms with van der Waals surface area (Å²) in [6, 6.07) is 0. The first-order chi connectivity index (χ1) is 6.65. The maximum Gasteiger partial charge on any atom is 0.0499 e. The highest BCUT2D eigenvalue weighted by Gasteiger charge is 2.11. The van der Waals surface area contributed by atoms with E-state index in [9.17, 15) is 0 Å². The fourth-order valence-corrected chi connectivity index (χ4v) is 1.77. The van der Waals surface area contributed by atoms with Crippen molar-refractivity contribution in [2.24, 2.45) is 0 Å². The first kappa shape index (κ1) is 11.5. The van der Waals surface area contributed by atoms with Crippen LogP contribution in [0.25, 0.3) is 0 Å². The highest BCUT2D eigenvalue weighted by Crippen LogP contribution is 2.30. The molecule has 0 saturated heterocycles. The summed E-state index contributed by atoms with van der Waals surface area (Å²) >= 11 is 6.13. The molecular formula is C12H17ClO. The van der Waals surface area contributed by atoms with E-state index in [1.54, 1.807) is 7.11 Å². The normalized spacial score (nSPS) is 18.2. The Morgan fingerprint density at radius 3 is 2.93 bits per heavy atom. The van der Waals surface area contributed by atoms with E-state index in [2.05, 4.69) is 13.5 Å². The van der Waals surface area contributed by atoms with Gasteiger partial charge in [-0.25, -0.2) is 0 Å². The summed E-state index contributed by atoms with van der Waals surface area (Å²) in [5, 5.41) is 0.870. The molecule has 0 bridgehead atoms. The van der Waals surface area contributed by atoms with Gasteiger partial charge in [-0.2, -0.15) is 0 Å². The van der Waals surface area contributed by atoms with Gasteiger partial charge >= 0.3 is 0 Å². The Labute approximate surface area is 91.1 Å². The Kier molecular flexibility index (Phi) is 4.43. The van der Waals surface area contributed by atoms with Crippen molar-refractivity contribution in [2.75, 3.05) is 13.7 Å². The third-order valence-corrected chi connectivity index (χ3v) is 2.97. The lowest BCUT2D eigenvalue weighted by molar-refractivity contribution is 0.201. The van der Waals surface area contributed by atoms with Crippen LogP contribution in [0.2, 0.25) is 0 Å². The molecule has 1 aliphatic carbocycles. The molecule has 14 heavy (non-hydrogen) atoms. The SMILES string of the molecule is C=C1CC=C(Cl)C(C)=C(CCOC)C1. The largest absolute Gasteiger partial charge is 0.384 e. The molecule has 0 N–H and O–H groups in total.